The van der Waals surface area contributed by atoms with Crippen LogP contribution in [-0.4, -0.2) is 24.0 Å². The van der Waals surface area contributed by atoms with E-state index in [0.717, 1.165) is 0 Å². The van der Waals surface area contributed by atoms with Crippen molar-refractivity contribution in [3.63, 3.8) is 0 Å². The highest BCUT2D eigenvalue weighted by Gasteiger charge is 2.12. The van der Waals surface area contributed by atoms with E-state index in [4.69, 9.17) is 4.42 Å². The zero-order valence-corrected chi connectivity index (χ0v) is 10.5. The maximum absolute atomic E-state index is 11.7. The number of carbonyl (C=O) groups excluding carboxylic acids is 2. The molecule has 0 saturated heterocycles. The minimum atomic E-state index is -0.445. The van der Waals surface area contributed by atoms with Crippen LogP contribution < -0.4 is 5.32 Å². The van der Waals surface area contributed by atoms with Crippen LogP contribution in [0.25, 0.3) is 0 Å². The molecule has 1 aromatic heterocycles. The summed E-state index contributed by atoms with van der Waals surface area (Å²) in [5.74, 6) is -0.319. The van der Waals surface area contributed by atoms with Crippen molar-refractivity contribution in [2.45, 2.75) is 6.92 Å². The first-order valence-electron chi connectivity index (χ1n) is 5.52. The van der Waals surface area contributed by atoms with E-state index in [0.29, 0.717) is 17.0 Å². The fraction of sp³-hybridized carbons (Fsp3) is 0.154. The standard InChI is InChI=1S/C13H12N2O4/c1-8-7-14-12(19-8)11(16)15-10-5-3-9(4-6-10)13(17)18-2/h3-7H,1-2H3,(H,15,16). The lowest BCUT2D eigenvalue weighted by atomic mass is 10.2. The highest BCUT2D eigenvalue weighted by molar-refractivity contribution is 6.01. The largest absolute Gasteiger partial charge is 0.465 e. The van der Waals surface area contributed by atoms with E-state index in [1.54, 1.807) is 31.2 Å². The Morgan fingerprint density at radius 3 is 2.47 bits per heavy atom. The van der Waals surface area contributed by atoms with Gasteiger partial charge in [-0.2, -0.15) is 0 Å². The molecule has 1 heterocycles. The van der Waals surface area contributed by atoms with E-state index in [-0.39, 0.29) is 5.89 Å². The van der Waals surface area contributed by atoms with Crippen molar-refractivity contribution >= 4 is 17.6 Å². The van der Waals surface area contributed by atoms with Gasteiger partial charge in [-0.15, -0.1) is 0 Å². The molecule has 0 bridgehead atoms. The summed E-state index contributed by atoms with van der Waals surface area (Å²) in [6.07, 6.45) is 1.47. The zero-order valence-electron chi connectivity index (χ0n) is 10.5. The Balaban J connectivity index is 2.07. The Hall–Kier alpha value is -2.63. The Bertz CT molecular complexity index is 601. The second-order valence-corrected chi connectivity index (χ2v) is 3.80. The number of aromatic nitrogens is 1. The number of ether oxygens (including phenoxy) is 1. The number of hydrogen-bond acceptors (Lipinski definition) is 5. The maximum Gasteiger partial charge on any atom is 0.337 e. The van der Waals surface area contributed by atoms with Crippen molar-refractivity contribution in [1.29, 1.82) is 0 Å². The van der Waals surface area contributed by atoms with Gasteiger partial charge in [0.2, 0.25) is 0 Å². The number of benzene rings is 1. The Morgan fingerprint density at radius 2 is 1.95 bits per heavy atom. The summed E-state index contributed by atoms with van der Waals surface area (Å²) in [6, 6.07) is 6.31. The van der Waals surface area contributed by atoms with Crippen molar-refractivity contribution in [2.75, 3.05) is 12.4 Å². The van der Waals surface area contributed by atoms with Crippen molar-refractivity contribution < 1.29 is 18.7 Å². The molecule has 0 aliphatic carbocycles. The smallest absolute Gasteiger partial charge is 0.337 e. The molecule has 2 rings (SSSR count). The van der Waals surface area contributed by atoms with E-state index >= 15 is 0 Å². The Morgan fingerprint density at radius 1 is 1.26 bits per heavy atom. The number of methoxy groups -OCH3 is 1. The molecule has 1 amide bonds. The molecule has 0 aliphatic rings. The van der Waals surface area contributed by atoms with E-state index < -0.39 is 11.9 Å². The molecule has 98 valence electrons. The number of anilines is 1. The third-order valence-corrected chi connectivity index (χ3v) is 2.38. The molecular formula is C13H12N2O4. The summed E-state index contributed by atoms with van der Waals surface area (Å²) >= 11 is 0. The lowest BCUT2D eigenvalue weighted by Gasteiger charge is -2.03. The molecule has 0 radical (unpaired) electrons. The third kappa shape index (κ3) is 2.98. The molecule has 2 aromatic rings. The summed E-state index contributed by atoms with van der Waals surface area (Å²) in [5.41, 5.74) is 0.945. The topological polar surface area (TPSA) is 81.4 Å². The summed E-state index contributed by atoms with van der Waals surface area (Å²) in [7, 11) is 1.31. The molecule has 0 unspecified atom stereocenters. The van der Waals surface area contributed by atoms with Gasteiger partial charge in [0, 0.05) is 5.69 Å². The molecule has 0 fully saturated rings. The molecule has 0 aliphatic heterocycles. The Kier molecular flexibility index (Phi) is 3.61. The first-order chi connectivity index (χ1) is 9.10. The Labute approximate surface area is 109 Å². The molecule has 19 heavy (non-hydrogen) atoms. The molecule has 0 saturated carbocycles. The highest BCUT2D eigenvalue weighted by atomic mass is 16.5. The van der Waals surface area contributed by atoms with Crippen molar-refractivity contribution in [3.05, 3.63) is 47.7 Å². The van der Waals surface area contributed by atoms with Gasteiger partial charge in [-0.3, -0.25) is 4.79 Å². The van der Waals surface area contributed by atoms with Crippen LogP contribution in [0.5, 0.6) is 0 Å². The molecule has 6 nitrogen and oxygen atoms in total. The first-order valence-corrected chi connectivity index (χ1v) is 5.52. The van der Waals surface area contributed by atoms with Gasteiger partial charge in [-0.25, -0.2) is 9.78 Å². The van der Waals surface area contributed by atoms with Crippen LogP contribution >= 0.6 is 0 Å². The van der Waals surface area contributed by atoms with Crippen molar-refractivity contribution in [1.82, 2.24) is 4.98 Å². The third-order valence-electron chi connectivity index (χ3n) is 2.38. The van der Waals surface area contributed by atoms with Crippen LogP contribution in [-0.2, 0) is 4.74 Å². The summed E-state index contributed by atoms with van der Waals surface area (Å²) in [6.45, 7) is 1.70. The molecule has 0 atom stereocenters. The van der Waals surface area contributed by atoms with Crippen LogP contribution in [0.2, 0.25) is 0 Å². The van der Waals surface area contributed by atoms with E-state index in [1.165, 1.54) is 13.3 Å². The molecule has 1 N–H and O–H groups in total. The fourth-order valence-corrected chi connectivity index (χ4v) is 1.45. The van der Waals surface area contributed by atoms with Gasteiger partial charge in [0.15, 0.2) is 0 Å². The van der Waals surface area contributed by atoms with Gasteiger partial charge in [0.1, 0.15) is 5.76 Å². The molecule has 1 aromatic carbocycles. The quantitative estimate of drug-likeness (QED) is 0.854. The number of rotatable bonds is 3. The lowest BCUT2D eigenvalue weighted by molar-refractivity contribution is 0.0600. The predicted octanol–water partition coefficient (Wildman–Crippen LogP) is 2.02. The second-order valence-electron chi connectivity index (χ2n) is 3.80. The number of hydrogen-bond donors (Lipinski definition) is 1. The molecule has 6 heteroatoms. The average Bonchev–Trinajstić information content (AvgIpc) is 2.85. The zero-order chi connectivity index (χ0) is 13.8. The molecule has 0 spiro atoms. The van der Waals surface area contributed by atoms with Gasteiger partial charge in [0.05, 0.1) is 18.9 Å². The van der Waals surface area contributed by atoms with E-state index in [1.807, 2.05) is 0 Å². The predicted molar refractivity (Wildman–Crippen MR) is 67.0 cm³/mol. The number of nitrogens with one attached hydrogen (secondary N) is 1. The van der Waals surface area contributed by atoms with Crippen LogP contribution in [0.4, 0.5) is 5.69 Å². The number of carbonyl (C=O) groups is 2. The monoisotopic (exact) mass is 260 g/mol. The molecular weight excluding hydrogens is 248 g/mol. The minimum absolute atomic E-state index is 0.00505. The van der Waals surface area contributed by atoms with Gasteiger partial charge >= 0.3 is 11.9 Å². The van der Waals surface area contributed by atoms with E-state index in [9.17, 15) is 9.59 Å². The number of nitrogens with zero attached hydrogens (tertiary/aromatic N) is 1. The normalized spacial score (nSPS) is 10.0. The number of aryl methyl sites for hydroxylation is 1. The average molecular weight is 260 g/mol. The fourth-order valence-electron chi connectivity index (χ4n) is 1.45. The van der Waals surface area contributed by atoms with Gasteiger partial charge in [-0.05, 0) is 31.2 Å². The summed E-state index contributed by atoms with van der Waals surface area (Å²) < 4.78 is 9.68. The summed E-state index contributed by atoms with van der Waals surface area (Å²) in [4.78, 5) is 26.8. The van der Waals surface area contributed by atoms with Crippen molar-refractivity contribution in [3.8, 4) is 0 Å². The number of oxazole rings is 1. The lowest BCUT2D eigenvalue weighted by Crippen LogP contribution is -2.12. The van der Waals surface area contributed by atoms with Crippen LogP contribution in [0.1, 0.15) is 26.8 Å². The SMILES string of the molecule is COC(=O)c1ccc(NC(=O)c2ncc(C)o2)cc1. The van der Waals surface area contributed by atoms with Crippen LogP contribution in [0.3, 0.4) is 0 Å². The number of esters is 1. The van der Waals surface area contributed by atoms with Crippen LogP contribution in [0.15, 0.2) is 34.9 Å². The highest BCUT2D eigenvalue weighted by Crippen LogP contribution is 2.12. The van der Waals surface area contributed by atoms with E-state index in [2.05, 4.69) is 15.0 Å². The van der Waals surface area contributed by atoms with Gasteiger partial charge in [-0.1, -0.05) is 0 Å². The maximum atomic E-state index is 11.7. The number of amides is 1. The van der Waals surface area contributed by atoms with Crippen LogP contribution in [0, 0.1) is 6.92 Å². The summed E-state index contributed by atoms with van der Waals surface area (Å²) in [5, 5.41) is 2.61. The second kappa shape index (κ2) is 5.34. The van der Waals surface area contributed by atoms with Gasteiger partial charge < -0.3 is 14.5 Å². The minimum Gasteiger partial charge on any atom is -0.465 e. The van der Waals surface area contributed by atoms with Crippen molar-refractivity contribution in [2.24, 2.45) is 0 Å². The van der Waals surface area contributed by atoms with Gasteiger partial charge in [0.25, 0.3) is 5.89 Å². The first kappa shape index (κ1) is 12.8.